The van der Waals surface area contributed by atoms with Gasteiger partial charge in [0.2, 0.25) is 0 Å². The third kappa shape index (κ3) is 3.72. The van der Waals surface area contributed by atoms with E-state index in [-0.39, 0.29) is 0 Å². The van der Waals surface area contributed by atoms with Crippen LogP contribution < -0.4 is 4.74 Å². The fraction of sp³-hybridized carbons (Fsp3) is 0.700. The number of nitrogens with zero attached hydrogens (tertiary/aromatic N) is 2. The molecule has 2 heterocycles. The van der Waals surface area contributed by atoms with Crippen molar-refractivity contribution in [2.45, 2.75) is 38.6 Å². The summed E-state index contributed by atoms with van der Waals surface area (Å²) in [5.74, 6) is 2.01. The van der Waals surface area contributed by atoms with Gasteiger partial charge in [-0.2, -0.15) is 0 Å². The minimum Gasteiger partial charge on any atom is -0.497 e. The fourth-order valence-electron chi connectivity index (χ4n) is 4.47. The lowest BCUT2D eigenvalue weighted by Crippen LogP contribution is -2.41. The van der Waals surface area contributed by atoms with Crippen LogP contribution in [0.1, 0.15) is 37.7 Å². The Morgan fingerprint density at radius 3 is 2.52 bits per heavy atom. The summed E-state index contributed by atoms with van der Waals surface area (Å²) in [6.07, 6.45) is 7.18. The summed E-state index contributed by atoms with van der Waals surface area (Å²) < 4.78 is 5.34. The number of likely N-dealkylation sites (tertiary alicyclic amines) is 2. The quantitative estimate of drug-likeness (QED) is 0.828. The molecule has 0 amide bonds. The Morgan fingerprint density at radius 2 is 1.83 bits per heavy atom. The zero-order valence-corrected chi connectivity index (χ0v) is 14.5. The Kier molecular flexibility index (Phi) is 4.33. The van der Waals surface area contributed by atoms with E-state index in [9.17, 15) is 0 Å². The molecule has 3 nitrogen and oxygen atoms in total. The zero-order chi connectivity index (χ0) is 15.7. The zero-order valence-electron chi connectivity index (χ0n) is 14.5. The predicted octanol–water partition coefficient (Wildman–Crippen LogP) is 3.39. The second kappa shape index (κ2) is 6.45. The van der Waals surface area contributed by atoms with Crippen LogP contribution in [0.25, 0.3) is 0 Å². The summed E-state index contributed by atoms with van der Waals surface area (Å²) in [5, 5.41) is 0. The van der Waals surface area contributed by atoms with E-state index in [1.54, 1.807) is 7.11 Å². The van der Waals surface area contributed by atoms with Crippen molar-refractivity contribution in [3.05, 3.63) is 29.8 Å². The monoisotopic (exact) mass is 314 g/mol. The van der Waals surface area contributed by atoms with E-state index in [0.29, 0.717) is 5.41 Å². The average Bonchev–Trinajstić information content (AvgIpc) is 3.31. The number of hydrogen-bond acceptors (Lipinski definition) is 3. The third-order valence-corrected chi connectivity index (χ3v) is 6.19. The number of hydrogen-bond donors (Lipinski definition) is 0. The standard InChI is InChI=1S/C20H30N2O/c1-23-19-4-2-3-18(13-19)15-21-10-7-20(8-11-21)9-12-22(16-20)14-17-5-6-17/h2-4,13,17H,5-12,14-16H2,1H3. The molecule has 3 heteroatoms. The Hall–Kier alpha value is -1.06. The predicted molar refractivity (Wildman–Crippen MR) is 93.7 cm³/mol. The van der Waals surface area contributed by atoms with Crippen molar-refractivity contribution in [2.75, 3.05) is 39.8 Å². The number of benzene rings is 1. The molecule has 3 aliphatic rings. The largest absolute Gasteiger partial charge is 0.497 e. The van der Waals surface area contributed by atoms with E-state index >= 15 is 0 Å². The highest BCUT2D eigenvalue weighted by Gasteiger charge is 2.41. The highest BCUT2D eigenvalue weighted by molar-refractivity contribution is 5.28. The molecule has 1 aliphatic carbocycles. The van der Waals surface area contributed by atoms with Crippen LogP contribution in [0.5, 0.6) is 5.75 Å². The number of methoxy groups -OCH3 is 1. The molecule has 1 spiro atoms. The fourth-order valence-corrected chi connectivity index (χ4v) is 4.47. The molecule has 2 saturated heterocycles. The molecule has 23 heavy (non-hydrogen) atoms. The van der Waals surface area contributed by atoms with Gasteiger partial charge in [0, 0.05) is 19.6 Å². The van der Waals surface area contributed by atoms with Gasteiger partial charge >= 0.3 is 0 Å². The van der Waals surface area contributed by atoms with Crippen LogP contribution in [0.2, 0.25) is 0 Å². The summed E-state index contributed by atoms with van der Waals surface area (Å²) >= 11 is 0. The Balaban J connectivity index is 1.28. The van der Waals surface area contributed by atoms with Crippen molar-refractivity contribution < 1.29 is 4.74 Å². The minimum absolute atomic E-state index is 0.639. The van der Waals surface area contributed by atoms with Gasteiger partial charge in [-0.25, -0.2) is 0 Å². The van der Waals surface area contributed by atoms with Gasteiger partial charge in [0.05, 0.1) is 7.11 Å². The average molecular weight is 314 g/mol. The topological polar surface area (TPSA) is 15.7 Å². The lowest BCUT2D eigenvalue weighted by molar-refractivity contribution is 0.102. The molecular formula is C20H30N2O. The van der Waals surface area contributed by atoms with Gasteiger partial charge < -0.3 is 9.64 Å². The minimum atomic E-state index is 0.639. The van der Waals surface area contributed by atoms with E-state index in [1.807, 2.05) is 6.07 Å². The summed E-state index contributed by atoms with van der Waals surface area (Å²) in [7, 11) is 1.75. The summed E-state index contributed by atoms with van der Waals surface area (Å²) in [6, 6.07) is 8.53. The molecule has 1 saturated carbocycles. The van der Waals surface area contributed by atoms with Crippen molar-refractivity contribution in [3.8, 4) is 5.75 Å². The van der Waals surface area contributed by atoms with Crippen molar-refractivity contribution in [1.82, 2.24) is 9.80 Å². The SMILES string of the molecule is COc1cccc(CN2CCC3(CC2)CCN(CC2CC2)C3)c1. The third-order valence-electron chi connectivity index (χ3n) is 6.19. The molecule has 0 bridgehead atoms. The molecule has 0 N–H and O–H groups in total. The molecule has 0 aromatic heterocycles. The summed E-state index contributed by atoms with van der Waals surface area (Å²) in [4.78, 5) is 5.39. The highest BCUT2D eigenvalue weighted by atomic mass is 16.5. The summed E-state index contributed by atoms with van der Waals surface area (Å²) in [5.41, 5.74) is 2.02. The van der Waals surface area contributed by atoms with Crippen LogP contribution in [-0.2, 0) is 6.54 Å². The van der Waals surface area contributed by atoms with Gasteiger partial charge in [-0.1, -0.05) is 12.1 Å². The van der Waals surface area contributed by atoms with E-state index in [1.165, 1.54) is 70.4 Å². The van der Waals surface area contributed by atoms with E-state index in [2.05, 4.69) is 28.0 Å². The molecular weight excluding hydrogens is 284 g/mol. The maximum atomic E-state index is 5.34. The first-order valence-electron chi connectivity index (χ1n) is 9.32. The van der Waals surface area contributed by atoms with Crippen LogP contribution in [-0.4, -0.2) is 49.6 Å². The lowest BCUT2D eigenvalue weighted by atomic mass is 9.77. The molecule has 1 aromatic rings. The van der Waals surface area contributed by atoms with E-state index in [0.717, 1.165) is 18.2 Å². The number of piperidine rings is 1. The number of ether oxygens (including phenoxy) is 1. The van der Waals surface area contributed by atoms with Crippen LogP contribution in [0.15, 0.2) is 24.3 Å². The molecule has 2 aliphatic heterocycles. The first-order chi connectivity index (χ1) is 11.2. The summed E-state index contributed by atoms with van der Waals surface area (Å²) in [6.45, 7) is 7.69. The molecule has 4 rings (SSSR count). The van der Waals surface area contributed by atoms with Crippen LogP contribution in [0, 0.1) is 11.3 Å². The Morgan fingerprint density at radius 1 is 1.09 bits per heavy atom. The van der Waals surface area contributed by atoms with Gasteiger partial charge in [-0.3, -0.25) is 4.90 Å². The first-order valence-corrected chi connectivity index (χ1v) is 9.32. The normalized spacial score (nSPS) is 25.1. The molecule has 0 atom stereocenters. The lowest BCUT2D eigenvalue weighted by Gasteiger charge is -2.39. The molecule has 126 valence electrons. The van der Waals surface area contributed by atoms with Crippen LogP contribution >= 0.6 is 0 Å². The van der Waals surface area contributed by atoms with Gasteiger partial charge in [-0.05, 0) is 80.8 Å². The van der Waals surface area contributed by atoms with Gasteiger partial charge in [0.25, 0.3) is 0 Å². The van der Waals surface area contributed by atoms with Gasteiger partial charge in [-0.15, -0.1) is 0 Å². The van der Waals surface area contributed by atoms with Crippen molar-refractivity contribution >= 4 is 0 Å². The van der Waals surface area contributed by atoms with E-state index in [4.69, 9.17) is 4.74 Å². The Labute approximate surface area is 140 Å². The first kappa shape index (κ1) is 15.5. The maximum absolute atomic E-state index is 5.34. The second-order valence-electron chi connectivity index (χ2n) is 8.06. The molecule has 0 unspecified atom stereocenters. The number of rotatable bonds is 5. The van der Waals surface area contributed by atoms with E-state index < -0.39 is 0 Å². The van der Waals surface area contributed by atoms with Gasteiger partial charge in [0.1, 0.15) is 5.75 Å². The van der Waals surface area contributed by atoms with Crippen molar-refractivity contribution in [1.29, 1.82) is 0 Å². The molecule has 1 aromatic carbocycles. The van der Waals surface area contributed by atoms with Crippen molar-refractivity contribution in [3.63, 3.8) is 0 Å². The Bertz CT molecular complexity index is 532. The van der Waals surface area contributed by atoms with Crippen molar-refractivity contribution in [2.24, 2.45) is 11.3 Å². The van der Waals surface area contributed by atoms with Gasteiger partial charge in [0.15, 0.2) is 0 Å². The smallest absolute Gasteiger partial charge is 0.119 e. The maximum Gasteiger partial charge on any atom is 0.119 e. The highest BCUT2D eigenvalue weighted by Crippen LogP contribution is 2.42. The molecule has 0 radical (unpaired) electrons. The second-order valence-corrected chi connectivity index (χ2v) is 8.06. The van der Waals surface area contributed by atoms with Crippen LogP contribution in [0.4, 0.5) is 0 Å². The van der Waals surface area contributed by atoms with Crippen LogP contribution in [0.3, 0.4) is 0 Å². The molecule has 3 fully saturated rings.